The van der Waals surface area contributed by atoms with Crippen molar-refractivity contribution < 1.29 is 23.8 Å². The molecular formula is C11H16O5. The molecule has 0 aromatic heterocycles. The van der Waals surface area contributed by atoms with Crippen LogP contribution in [0.2, 0.25) is 0 Å². The van der Waals surface area contributed by atoms with E-state index >= 15 is 0 Å². The number of hydrogen-bond acceptors (Lipinski definition) is 5. The number of rotatable bonds is 5. The van der Waals surface area contributed by atoms with Gasteiger partial charge in [0.1, 0.15) is 18.7 Å². The van der Waals surface area contributed by atoms with Crippen LogP contribution in [0.1, 0.15) is 13.3 Å². The molecule has 0 aromatic rings. The molecule has 0 amide bonds. The highest BCUT2D eigenvalue weighted by Gasteiger charge is 2.25. The quantitative estimate of drug-likeness (QED) is 0.511. The Hall–Kier alpha value is -1.20. The minimum absolute atomic E-state index is 0.0550. The van der Waals surface area contributed by atoms with Crippen molar-refractivity contribution in [2.75, 3.05) is 26.9 Å². The van der Waals surface area contributed by atoms with Crippen molar-refractivity contribution in [3.8, 4) is 0 Å². The molecule has 0 saturated carbocycles. The maximum Gasteiger partial charge on any atom is 0.307 e. The van der Waals surface area contributed by atoms with Crippen LogP contribution in [-0.4, -0.2) is 39.2 Å². The highest BCUT2D eigenvalue weighted by molar-refractivity contribution is 5.67. The molecule has 5 heteroatoms. The van der Waals surface area contributed by atoms with Crippen molar-refractivity contribution in [2.24, 2.45) is 5.92 Å². The number of carbonyl (C=O) groups is 2. The highest BCUT2D eigenvalue weighted by atomic mass is 16.6. The number of esters is 1. The monoisotopic (exact) mass is 228 g/mol. The van der Waals surface area contributed by atoms with Crippen LogP contribution in [0, 0.1) is 5.92 Å². The van der Waals surface area contributed by atoms with Crippen LogP contribution in [0.25, 0.3) is 0 Å². The van der Waals surface area contributed by atoms with E-state index in [1.54, 1.807) is 7.11 Å². The first-order valence-electron chi connectivity index (χ1n) is 5.09. The van der Waals surface area contributed by atoms with E-state index in [2.05, 4.69) is 0 Å². The van der Waals surface area contributed by atoms with Crippen LogP contribution in [0.5, 0.6) is 0 Å². The van der Waals surface area contributed by atoms with Crippen molar-refractivity contribution in [1.29, 1.82) is 0 Å². The van der Waals surface area contributed by atoms with Crippen LogP contribution < -0.4 is 0 Å². The van der Waals surface area contributed by atoms with Gasteiger partial charge >= 0.3 is 5.97 Å². The summed E-state index contributed by atoms with van der Waals surface area (Å²) in [5, 5.41) is 0. The molecule has 5 nitrogen and oxygen atoms in total. The third kappa shape index (κ3) is 3.43. The van der Waals surface area contributed by atoms with Gasteiger partial charge in [-0.3, -0.25) is 4.79 Å². The first kappa shape index (κ1) is 12.9. The molecule has 0 bridgehead atoms. The van der Waals surface area contributed by atoms with E-state index in [-0.39, 0.29) is 18.5 Å². The molecule has 16 heavy (non-hydrogen) atoms. The fraction of sp³-hybridized carbons (Fsp3) is 0.636. The summed E-state index contributed by atoms with van der Waals surface area (Å²) in [5.41, 5.74) is 0.844. The summed E-state index contributed by atoms with van der Waals surface area (Å²) in [4.78, 5) is 21.4. The summed E-state index contributed by atoms with van der Waals surface area (Å²) < 4.78 is 15.4. The Bertz CT molecular complexity index is 295. The lowest BCUT2D eigenvalue weighted by atomic mass is 9.94. The van der Waals surface area contributed by atoms with Gasteiger partial charge in [0.15, 0.2) is 0 Å². The number of ether oxygens (including phenoxy) is 3. The Labute approximate surface area is 94.4 Å². The molecule has 0 saturated heterocycles. The van der Waals surface area contributed by atoms with Crippen molar-refractivity contribution in [2.45, 2.75) is 13.3 Å². The first-order valence-corrected chi connectivity index (χ1v) is 5.09. The Morgan fingerprint density at radius 1 is 1.62 bits per heavy atom. The lowest BCUT2D eigenvalue weighted by Crippen LogP contribution is -2.26. The zero-order chi connectivity index (χ0) is 12.0. The van der Waals surface area contributed by atoms with Gasteiger partial charge in [-0.2, -0.15) is 0 Å². The number of methoxy groups -OCH3 is 1. The van der Waals surface area contributed by atoms with Gasteiger partial charge in [-0.1, -0.05) is 0 Å². The Morgan fingerprint density at radius 2 is 2.38 bits per heavy atom. The van der Waals surface area contributed by atoms with Crippen LogP contribution in [0.3, 0.4) is 0 Å². The summed E-state index contributed by atoms with van der Waals surface area (Å²) in [7, 11) is 1.56. The highest BCUT2D eigenvalue weighted by Crippen LogP contribution is 2.25. The zero-order valence-corrected chi connectivity index (χ0v) is 9.52. The minimum Gasteiger partial charge on any atom is -0.429 e. The van der Waals surface area contributed by atoms with Gasteiger partial charge in [0.05, 0.1) is 13.2 Å². The molecule has 0 N–H and O–H groups in total. The van der Waals surface area contributed by atoms with E-state index in [4.69, 9.17) is 14.2 Å². The molecule has 0 spiro atoms. The molecule has 1 aliphatic heterocycles. The van der Waals surface area contributed by atoms with Crippen LogP contribution in [-0.2, 0) is 23.8 Å². The molecule has 1 atom stereocenters. The second kappa shape index (κ2) is 6.40. The Balaban J connectivity index is 2.86. The van der Waals surface area contributed by atoms with Crippen molar-refractivity contribution in [3.63, 3.8) is 0 Å². The van der Waals surface area contributed by atoms with Gasteiger partial charge < -0.3 is 19.0 Å². The van der Waals surface area contributed by atoms with Gasteiger partial charge in [-0.15, -0.1) is 0 Å². The largest absolute Gasteiger partial charge is 0.429 e. The number of aldehydes is 1. The first-order chi connectivity index (χ1) is 7.69. The molecule has 90 valence electrons. The third-order valence-electron chi connectivity index (χ3n) is 2.35. The summed E-state index contributed by atoms with van der Waals surface area (Å²) in [5.74, 6) is 0.0342. The van der Waals surface area contributed by atoms with E-state index in [1.165, 1.54) is 6.92 Å². The maximum absolute atomic E-state index is 10.9. The standard InChI is InChI=1S/C11H16O5/c1-8(13)16-11-7-15-5-9(3-4-12)10(11)6-14-2/h4,9H,3,5-7H2,1-2H3. The molecule has 1 rings (SSSR count). The summed E-state index contributed by atoms with van der Waals surface area (Å²) >= 11 is 0. The lowest BCUT2D eigenvalue weighted by Gasteiger charge is -2.26. The van der Waals surface area contributed by atoms with E-state index in [0.29, 0.717) is 25.4 Å². The molecule has 0 aromatic carbocycles. The average Bonchev–Trinajstić information content (AvgIpc) is 2.22. The normalized spacial score (nSPS) is 20.8. The fourth-order valence-electron chi connectivity index (χ4n) is 1.66. The van der Waals surface area contributed by atoms with Crippen LogP contribution >= 0.6 is 0 Å². The van der Waals surface area contributed by atoms with E-state index in [0.717, 1.165) is 11.9 Å². The fourth-order valence-corrected chi connectivity index (χ4v) is 1.66. The van der Waals surface area contributed by atoms with Gasteiger partial charge in [0, 0.05) is 31.9 Å². The smallest absolute Gasteiger partial charge is 0.307 e. The van der Waals surface area contributed by atoms with Gasteiger partial charge in [0.2, 0.25) is 0 Å². The predicted molar refractivity (Wildman–Crippen MR) is 55.7 cm³/mol. The van der Waals surface area contributed by atoms with Crippen molar-refractivity contribution >= 4 is 12.3 Å². The topological polar surface area (TPSA) is 61.8 Å². The summed E-state index contributed by atoms with van der Waals surface area (Å²) in [6.45, 7) is 2.40. The molecule has 0 radical (unpaired) electrons. The maximum atomic E-state index is 10.9. The van der Waals surface area contributed by atoms with E-state index < -0.39 is 0 Å². The second-order valence-electron chi connectivity index (χ2n) is 3.59. The molecule has 1 unspecified atom stereocenters. The van der Waals surface area contributed by atoms with E-state index in [9.17, 15) is 9.59 Å². The summed E-state index contributed by atoms with van der Waals surface area (Å²) in [6.07, 6.45) is 1.18. The second-order valence-corrected chi connectivity index (χ2v) is 3.59. The minimum atomic E-state index is -0.390. The molecule has 1 aliphatic rings. The lowest BCUT2D eigenvalue weighted by molar-refractivity contribution is -0.138. The van der Waals surface area contributed by atoms with Gasteiger partial charge in [-0.05, 0) is 0 Å². The van der Waals surface area contributed by atoms with E-state index in [1.807, 2.05) is 0 Å². The van der Waals surface area contributed by atoms with Gasteiger partial charge in [0.25, 0.3) is 0 Å². The third-order valence-corrected chi connectivity index (χ3v) is 2.35. The van der Waals surface area contributed by atoms with Crippen molar-refractivity contribution in [3.05, 3.63) is 11.3 Å². The molecular weight excluding hydrogens is 212 g/mol. The number of carbonyl (C=O) groups excluding carboxylic acids is 2. The van der Waals surface area contributed by atoms with Crippen LogP contribution in [0.4, 0.5) is 0 Å². The Morgan fingerprint density at radius 3 is 2.94 bits per heavy atom. The van der Waals surface area contributed by atoms with Crippen LogP contribution in [0.15, 0.2) is 11.3 Å². The van der Waals surface area contributed by atoms with Gasteiger partial charge in [-0.25, -0.2) is 0 Å². The molecule has 0 aliphatic carbocycles. The molecule has 0 fully saturated rings. The predicted octanol–water partition coefficient (Wildman–Crippen LogP) is 0.685. The average molecular weight is 228 g/mol. The molecule has 1 heterocycles. The Kier molecular flexibility index (Phi) is 5.14. The summed E-state index contributed by atoms with van der Waals surface area (Å²) in [6, 6.07) is 0. The number of hydrogen-bond donors (Lipinski definition) is 0. The zero-order valence-electron chi connectivity index (χ0n) is 9.52. The SMILES string of the molecule is COCC1=C(OC(C)=O)COCC1CC=O. The van der Waals surface area contributed by atoms with Crippen molar-refractivity contribution in [1.82, 2.24) is 0 Å².